The van der Waals surface area contributed by atoms with Gasteiger partial charge in [-0.1, -0.05) is 5.73 Å². The van der Waals surface area contributed by atoms with Crippen LogP contribution in [0.25, 0.3) is 0 Å². The fourth-order valence-electron chi connectivity index (χ4n) is 1.17. The van der Waals surface area contributed by atoms with E-state index in [-0.39, 0.29) is 0 Å². The van der Waals surface area contributed by atoms with Crippen LogP contribution in [-0.2, 0) is 0 Å². The van der Waals surface area contributed by atoms with Gasteiger partial charge in [0, 0.05) is 6.08 Å². The Morgan fingerprint density at radius 3 is 3.00 bits per heavy atom. The first-order chi connectivity index (χ1) is 5.38. The number of allylic oxidation sites excluding steroid dienone is 4. The number of nitrogens with zero attached hydrogens (tertiary/aromatic N) is 1. The molecule has 0 bridgehead atoms. The molecule has 0 N–H and O–H groups in total. The van der Waals surface area contributed by atoms with Gasteiger partial charge in [-0.25, -0.2) is 0 Å². The van der Waals surface area contributed by atoms with Crippen molar-refractivity contribution in [1.29, 1.82) is 0 Å². The van der Waals surface area contributed by atoms with Crippen molar-refractivity contribution in [2.24, 2.45) is 0 Å². The predicted molar refractivity (Wildman–Crippen MR) is 44.6 cm³/mol. The maximum atomic E-state index is 3.05. The first-order valence-electron chi connectivity index (χ1n) is 3.53. The van der Waals surface area contributed by atoms with Gasteiger partial charge >= 0.3 is 0 Å². The highest BCUT2D eigenvalue weighted by molar-refractivity contribution is 6.08. The minimum Gasteiger partial charge on any atom is -0.193 e. The molecule has 0 saturated carbocycles. The zero-order valence-corrected chi connectivity index (χ0v) is 6.33. The lowest BCUT2D eigenvalue weighted by molar-refractivity contribution is -0.420. The van der Waals surface area contributed by atoms with Crippen LogP contribution in [0.15, 0.2) is 47.5 Å². The topological polar surface area (TPSA) is 3.01 Å². The molecule has 0 atom stereocenters. The second kappa shape index (κ2) is 2.25. The van der Waals surface area contributed by atoms with E-state index in [1.54, 1.807) is 0 Å². The SMILES string of the molecule is C[N+]1=C2C=C=CC=C2C=C=C1. The molecular weight excluding hydrogens is 134 g/mol. The molecule has 0 radical (unpaired) electrons. The third kappa shape index (κ3) is 0.929. The molecule has 1 aliphatic carbocycles. The summed E-state index contributed by atoms with van der Waals surface area (Å²) in [6.45, 7) is 0. The van der Waals surface area contributed by atoms with Gasteiger partial charge in [-0.2, -0.15) is 4.58 Å². The molecule has 0 amide bonds. The Kier molecular flexibility index (Phi) is 1.26. The Bertz CT molecular complexity index is 376. The second-order valence-electron chi connectivity index (χ2n) is 2.54. The fourth-order valence-corrected chi connectivity index (χ4v) is 1.17. The van der Waals surface area contributed by atoms with Crippen molar-refractivity contribution in [3.8, 4) is 0 Å². The maximum absolute atomic E-state index is 3.05. The number of rotatable bonds is 0. The molecule has 2 rings (SSSR count). The van der Waals surface area contributed by atoms with Gasteiger partial charge in [0.25, 0.3) is 0 Å². The van der Waals surface area contributed by atoms with Crippen LogP contribution in [0.3, 0.4) is 0 Å². The Morgan fingerprint density at radius 1 is 1.27 bits per heavy atom. The molecule has 0 aromatic heterocycles. The molecular formula is C10H8N+. The zero-order chi connectivity index (χ0) is 7.68. The highest BCUT2D eigenvalue weighted by Crippen LogP contribution is 2.08. The Hall–Kier alpha value is -1.55. The van der Waals surface area contributed by atoms with E-state index in [0.717, 1.165) is 0 Å². The van der Waals surface area contributed by atoms with Crippen molar-refractivity contribution < 1.29 is 4.58 Å². The van der Waals surface area contributed by atoms with Crippen molar-refractivity contribution in [3.63, 3.8) is 0 Å². The van der Waals surface area contributed by atoms with E-state index in [0.29, 0.717) is 0 Å². The molecule has 0 saturated heterocycles. The van der Waals surface area contributed by atoms with Crippen LogP contribution in [0.2, 0.25) is 0 Å². The average Bonchev–Trinajstić information content (AvgIpc) is 2.06. The Labute approximate surface area is 65.7 Å². The Morgan fingerprint density at radius 2 is 2.18 bits per heavy atom. The minimum absolute atomic E-state index is 1.19. The highest BCUT2D eigenvalue weighted by atomic mass is 15.0. The third-order valence-electron chi connectivity index (χ3n) is 1.76. The molecule has 0 spiro atoms. The second-order valence-corrected chi connectivity index (χ2v) is 2.54. The summed E-state index contributed by atoms with van der Waals surface area (Å²) in [5.74, 6) is 0. The smallest absolute Gasteiger partial charge is 0.193 e. The highest BCUT2D eigenvalue weighted by Gasteiger charge is 2.13. The molecule has 52 valence electrons. The van der Waals surface area contributed by atoms with Gasteiger partial charge in [-0.3, -0.25) is 0 Å². The van der Waals surface area contributed by atoms with E-state index < -0.39 is 0 Å². The lowest BCUT2D eigenvalue weighted by atomic mass is 10.1. The lowest BCUT2D eigenvalue weighted by Gasteiger charge is -2.02. The average molecular weight is 142 g/mol. The Balaban J connectivity index is 2.69. The van der Waals surface area contributed by atoms with Gasteiger partial charge in [0.05, 0.1) is 11.6 Å². The molecule has 0 unspecified atom stereocenters. The van der Waals surface area contributed by atoms with Crippen LogP contribution in [0, 0.1) is 0 Å². The summed E-state index contributed by atoms with van der Waals surface area (Å²) >= 11 is 0. The van der Waals surface area contributed by atoms with Crippen LogP contribution in [-0.4, -0.2) is 17.3 Å². The summed E-state index contributed by atoms with van der Waals surface area (Å²) in [5.41, 5.74) is 8.48. The number of hydrogen-bond donors (Lipinski definition) is 0. The van der Waals surface area contributed by atoms with Crippen LogP contribution >= 0.6 is 0 Å². The monoisotopic (exact) mass is 142 g/mol. The molecule has 2 aliphatic rings. The van der Waals surface area contributed by atoms with Crippen LogP contribution in [0.5, 0.6) is 0 Å². The van der Waals surface area contributed by atoms with E-state index in [1.807, 2.05) is 42.1 Å². The molecule has 0 fully saturated rings. The van der Waals surface area contributed by atoms with Crippen molar-refractivity contribution >= 4 is 5.71 Å². The molecule has 11 heavy (non-hydrogen) atoms. The van der Waals surface area contributed by atoms with Gasteiger partial charge in [0.2, 0.25) is 11.9 Å². The quantitative estimate of drug-likeness (QED) is 0.355. The van der Waals surface area contributed by atoms with Gasteiger partial charge in [0.15, 0.2) is 0 Å². The normalized spacial score (nSPS) is 18.8. The van der Waals surface area contributed by atoms with E-state index >= 15 is 0 Å². The summed E-state index contributed by atoms with van der Waals surface area (Å²) < 4.78 is 2.03. The van der Waals surface area contributed by atoms with E-state index in [9.17, 15) is 0 Å². The zero-order valence-electron chi connectivity index (χ0n) is 6.33. The van der Waals surface area contributed by atoms with Crippen molar-refractivity contribution in [2.75, 3.05) is 7.05 Å². The van der Waals surface area contributed by atoms with E-state index in [1.165, 1.54) is 11.3 Å². The number of hydrogen-bond acceptors (Lipinski definition) is 0. The first kappa shape index (κ1) is 6.18. The third-order valence-corrected chi connectivity index (χ3v) is 1.76. The van der Waals surface area contributed by atoms with Gasteiger partial charge in [0.1, 0.15) is 7.05 Å². The largest absolute Gasteiger partial charge is 0.221 e. The van der Waals surface area contributed by atoms with Gasteiger partial charge in [-0.05, 0) is 12.2 Å². The maximum Gasteiger partial charge on any atom is 0.221 e. The molecule has 1 heteroatoms. The molecule has 0 aromatic rings. The van der Waals surface area contributed by atoms with Crippen LogP contribution in [0.1, 0.15) is 0 Å². The van der Waals surface area contributed by atoms with E-state index in [2.05, 4.69) is 11.5 Å². The summed E-state index contributed by atoms with van der Waals surface area (Å²) in [7, 11) is 2.01. The fraction of sp³-hybridized carbons (Fsp3) is 0.100. The van der Waals surface area contributed by atoms with Crippen molar-refractivity contribution in [1.82, 2.24) is 0 Å². The first-order valence-corrected chi connectivity index (χ1v) is 3.53. The summed E-state index contributed by atoms with van der Waals surface area (Å²) in [4.78, 5) is 0. The van der Waals surface area contributed by atoms with Crippen molar-refractivity contribution in [3.05, 3.63) is 47.5 Å². The van der Waals surface area contributed by atoms with Gasteiger partial charge < -0.3 is 0 Å². The molecule has 0 aromatic carbocycles. The lowest BCUT2D eigenvalue weighted by Crippen LogP contribution is -2.14. The van der Waals surface area contributed by atoms with E-state index in [4.69, 9.17) is 0 Å². The number of fused-ring (bicyclic) bond motifs is 1. The summed E-state index contributed by atoms with van der Waals surface area (Å²) in [5, 5.41) is 0. The summed E-state index contributed by atoms with van der Waals surface area (Å²) in [6.07, 6.45) is 9.81. The van der Waals surface area contributed by atoms with Crippen LogP contribution < -0.4 is 0 Å². The predicted octanol–water partition coefficient (Wildman–Crippen LogP) is 1.40. The molecule has 1 aliphatic heterocycles. The molecule has 1 nitrogen and oxygen atoms in total. The van der Waals surface area contributed by atoms with Crippen molar-refractivity contribution in [2.45, 2.75) is 0 Å². The summed E-state index contributed by atoms with van der Waals surface area (Å²) in [6, 6.07) is 0. The standard InChI is InChI=1S/C10H8N/c1-11-8-4-6-9-5-2-3-7-10(9)11/h2,5-8H,1H3/q+1. The minimum atomic E-state index is 1.19. The molecule has 1 heterocycles. The van der Waals surface area contributed by atoms with Crippen LogP contribution in [0.4, 0.5) is 0 Å². The van der Waals surface area contributed by atoms with Gasteiger partial charge in [-0.15, -0.1) is 5.73 Å².